The summed E-state index contributed by atoms with van der Waals surface area (Å²) in [5.74, 6) is 0.904. The van der Waals surface area contributed by atoms with Gasteiger partial charge in [-0.05, 0) is 12.5 Å². The van der Waals surface area contributed by atoms with Gasteiger partial charge < -0.3 is 10.5 Å². The number of benzene rings is 1. The molecule has 1 atom stereocenters. The van der Waals surface area contributed by atoms with Crippen molar-refractivity contribution in [3.8, 4) is 5.75 Å². The molecule has 92 valence electrons. The second-order valence-electron chi connectivity index (χ2n) is 3.84. The lowest BCUT2D eigenvalue weighted by Crippen LogP contribution is -2.11. The van der Waals surface area contributed by atoms with Gasteiger partial charge in [-0.1, -0.05) is 44.4 Å². The molecule has 2 nitrogen and oxygen atoms in total. The zero-order chi connectivity index (χ0) is 11.1. The van der Waals surface area contributed by atoms with Crippen molar-refractivity contribution in [1.82, 2.24) is 0 Å². The zero-order valence-corrected chi connectivity index (χ0v) is 10.9. The summed E-state index contributed by atoms with van der Waals surface area (Å²) in [6, 6.07) is 8.11. The van der Waals surface area contributed by atoms with E-state index in [0.717, 1.165) is 17.7 Å². The van der Waals surface area contributed by atoms with Crippen molar-refractivity contribution in [3.63, 3.8) is 0 Å². The lowest BCUT2D eigenvalue weighted by atomic mass is 10.0. The predicted molar refractivity (Wildman–Crippen MR) is 71.3 cm³/mol. The third-order valence-corrected chi connectivity index (χ3v) is 2.66. The first kappa shape index (κ1) is 15.3. The molecule has 1 aromatic carbocycles. The molecule has 0 fully saturated rings. The Morgan fingerprint density at radius 1 is 1.25 bits per heavy atom. The Morgan fingerprint density at radius 3 is 2.56 bits per heavy atom. The predicted octanol–water partition coefficient (Wildman–Crippen LogP) is 3.70. The Hall–Kier alpha value is -0.730. The normalized spacial score (nSPS) is 11.7. The number of para-hydroxylation sites is 1. The minimum Gasteiger partial charge on any atom is -0.496 e. The van der Waals surface area contributed by atoms with Crippen molar-refractivity contribution in [3.05, 3.63) is 29.8 Å². The van der Waals surface area contributed by atoms with Gasteiger partial charge in [0.15, 0.2) is 0 Å². The van der Waals surface area contributed by atoms with Crippen LogP contribution in [0.4, 0.5) is 0 Å². The van der Waals surface area contributed by atoms with E-state index in [1.165, 1.54) is 19.3 Å². The summed E-state index contributed by atoms with van der Waals surface area (Å²) in [6.07, 6.45) is 4.71. The molecular formula is C13H22ClNO. The molecule has 3 heteroatoms. The summed E-state index contributed by atoms with van der Waals surface area (Å²) in [5, 5.41) is 0. The van der Waals surface area contributed by atoms with Crippen LogP contribution in [0.3, 0.4) is 0 Å². The average Bonchev–Trinajstić information content (AvgIpc) is 2.29. The summed E-state index contributed by atoms with van der Waals surface area (Å²) < 4.78 is 5.29. The standard InChI is InChI=1S/C13H21NO.ClH/c1-3-4-5-9-12(14)11-8-6-7-10-13(11)15-2;/h6-8,10,12H,3-5,9,14H2,1-2H3;1H/t12-;/m0./s1. The summed E-state index contributed by atoms with van der Waals surface area (Å²) in [4.78, 5) is 0. The Morgan fingerprint density at radius 2 is 1.94 bits per heavy atom. The van der Waals surface area contributed by atoms with Crippen LogP contribution in [0.2, 0.25) is 0 Å². The van der Waals surface area contributed by atoms with Crippen molar-refractivity contribution >= 4 is 12.4 Å². The van der Waals surface area contributed by atoms with Gasteiger partial charge in [0.1, 0.15) is 5.75 Å². The SMILES string of the molecule is CCCCC[C@H](N)c1ccccc1OC.Cl. The molecule has 0 bridgehead atoms. The van der Waals surface area contributed by atoms with E-state index < -0.39 is 0 Å². The van der Waals surface area contributed by atoms with Crippen molar-refractivity contribution < 1.29 is 4.74 Å². The molecule has 0 heterocycles. The molecule has 16 heavy (non-hydrogen) atoms. The van der Waals surface area contributed by atoms with Crippen molar-refractivity contribution in [1.29, 1.82) is 0 Å². The number of ether oxygens (including phenoxy) is 1. The monoisotopic (exact) mass is 243 g/mol. The molecule has 0 aliphatic carbocycles. The van der Waals surface area contributed by atoms with E-state index in [4.69, 9.17) is 10.5 Å². The third kappa shape index (κ3) is 4.42. The number of methoxy groups -OCH3 is 1. The highest BCUT2D eigenvalue weighted by Crippen LogP contribution is 2.26. The van der Waals surface area contributed by atoms with Gasteiger partial charge in [-0.25, -0.2) is 0 Å². The highest BCUT2D eigenvalue weighted by atomic mass is 35.5. The Bertz CT molecular complexity index is 291. The first-order valence-electron chi connectivity index (χ1n) is 5.68. The first-order chi connectivity index (χ1) is 7.29. The Labute approximate surface area is 105 Å². The van der Waals surface area contributed by atoms with E-state index in [1.54, 1.807) is 7.11 Å². The topological polar surface area (TPSA) is 35.2 Å². The smallest absolute Gasteiger partial charge is 0.123 e. The highest BCUT2D eigenvalue weighted by Gasteiger charge is 2.10. The van der Waals surface area contributed by atoms with Gasteiger partial charge in [0.2, 0.25) is 0 Å². The lowest BCUT2D eigenvalue weighted by molar-refractivity contribution is 0.403. The molecular weight excluding hydrogens is 222 g/mol. The van der Waals surface area contributed by atoms with Crippen LogP contribution in [0.1, 0.15) is 44.2 Å². The van der Waals surface area contributed by atoms with Crippen LogP contribution in [0.15, 0.2) is 24.3 Å². The maximum atomic E-state index is 6.13. The molecule has 0 saturated heterocycles. The van der Waals surface area contributed by atoms with Gasteiger partial charge in [0.05, 0.1) is 7.11 Å². The second-order valence-corrected chi connectivity index (χ2v) is 3.84. The fourth-order valence-corrected chi connectivity index (χ4v) is 1.74. The average molecular weight is 244 g/mol. The van der Waals surface area contributed by atoms with Gasteiger partial charge in [-0.15, -0.1) is 12.4 Å². The largest absolute Gasteiger partial charge is 0.496 e. The first-order valence-corrected chi connectivity index (χ1v) is 5.68. The minimum atomic E-state index is 0. The van der Waals surface area contributed by atoms with Crippen LogP contribution in [0, 0.1) is 0 Å². The highest BCUT2D eigenvalue weighted by molar-refractivity contribution is 5.85. The van der Waals surface area contributed by atoms with Gasteiger partial charge in [-0.2, -0.15) is 0 Å². The Balaban J connectivity index is 0.00000225. The van der Waals surface area contributed by atoms with E-state index in [2.05, 4.69) is 13.0 Å². The Kier molecular flexibility index (Phi) is 8.04. The van der Waals surface area contributed by atoms with Gasteiger partial charge in [0, 0.05) is 11.6 Å². The van der Waals surface area contributed by atoms with E-state index in [9.17, 15) is 0 Å². The quantitative estimate of drug-likeness (QED) is 0.774. The summed E-state index contributed by atoms with van der Waals surface area (Å²) in [6.45, 7) is 2.20. The third-order valence-electron chi connectivity index (χ3n) is 2.66. The van der Waals surface area contributed by atoms with E-state index in [0.29, 0.717) is 0 Å². The minimum absolute atomic E-state index is 0. The van der Waals surface area contributed by atoms with E-state index in [1.807, 2.05) is 18.2 Å². The maximum Gasteiger partial charge on any atom is 0.123 e. The van der Waals surface area contributed by atoms with E-state index in [-0.39, 0.29) is 18.4 Å². The molecule has 1 aromatic rings. The molecule has 0 aliphatic rings. The van der Waals surface area contributed by atoms with Crippen molar-refractivity contribution in [2.24, 2.45) is 5.73 Å². The van der Waals surface area contributed by atoms with Gasteiger partial charge in [0.25, 0.3) is 0 Å². The number of halogens is 1. The number of nitrogens with two attached hydrogens (primary N) is 1. The molecule has 0 spiro atoms. The van der Waals surface area contributed by atoms with Gasteiger partial charge in [-0.3, -0.25) is 0 Å². The number of unbranched alkanes of at least 4 members (excludes halogenated alkanes) is 2. The van der Waals surface area contributed by atoms with Crippen molar-refractivity contribution in [2.75, 3.05) is 7.11 Å². The molecule has 0 saturated carbocycles. The van der Waals surface area contributed by atoms with Crippen molar-refractivity contribution in [2.45, 2.75) is 38.6 Å². The van der Waals surface area contributed by atoms with Crippen LogP contribution in [0.5, 0.6) is 5.75 Å². The molecule has 1 rings (SSSR count). The summed E-state index contributed by atoms with van der Waals surface area (Å²) in [7, 11) is 1.69. The lowest BCUT2D eigenvalue weighted by Gasteiger charge is -2.15. The maximum absolute atomic E-state index is 6.13. The van der Waals surface area contributed by atoms with Crippen LogP contribution in [-0.2, 0) is 0 Å². The zero-order valence-electron chi connectivity index (χ0n) is 10.1. The van der Waals surface area contributed by atoms with Crippen LogP contribution in [0.25, 0.3) is 0 Å². The summed E-state index contributed by atoms with van der Waals surface area (Å²) >= 11 is 0. The number of rotatable bonds is 6. The molecule has 0 unspecified atom stereocenters. The van der Waals surface area contributed by atoms with Gasteiger partial charge >= 0.3 is 0 Å². The molecule has 0 aliphatic heterocycles. The number of hydrogen-bond donors (Lipinski definition) is 1. The van der Waals surface area contributed by atoms with Crippen LogP contribution in [-0.4, -0.2) is 7.11 Å². The molecule has 0 aromatic heterocycles. The molecule has 0 amide bonds. The van der Waals surface area contributed by atoms with Crippen LogP contribution >= 0.6 is 12.4 Å². The van der Waals surface area contributed by atoms with Crippen LogP contribution < -0.4 is 10.5 Å². The summed E-state index contributed by atoms with van der Waals surface area (Å²) in [5.41, 5.74) is 7.25. The molecule has 2 N–H and O–H groups in total. The second kappa shape index (κ2) is 8.43. The number of hydrogen-bond acceptors (Lipinski definition) is 2. The fraction of sp³-hybridized carbons (Fsp3) is 0.538. The van der Waals surface area contributed by atoms with E-state index >= 15 is 0 Å². The fourth-order valence-electron chi connectivity index (χ4n) is 1.74. The molecule has 0 radical (unpaired) electrons.